The van der Waals surface area contributed by atoms with E-state index in [4.69, 9.17) is 9.26 Å². The fourth-order valence-electron chi connectivity index (χ4n) is 4.89. The number of ether oxygens (including phenoxy) is 1. The Morgan fingerprint density at radius 3 is 2.89 bits per heavy atom. The van der Waals surface area contributed by atoms with Gasteiger partial charge in [-0.05, 0) is 12.5 Å². The summed E-state index contributed by atoms with van der Waals surface area (Å²) >= 11 is 0. The molecule has 3 aliphatic heterocycles. The predicted molar refractivity (Wildman–Crippen MR) is 95.9 cm³/mol. The second-order valence-electron chi connectivity index (χ2n) is 7.54. The van der Waals surface area contributed by atoms with Gasteiger partial charge in [0.2, 0.25) is 5.91 Å². The topological polar surface area (TPSA) is 96.1 Å². The number of nitrogens with zero attached hydrogens (tertiary/aromatic N) is 3. The largest absolute Gasteiger partial charge is 0.391 e. The van der Waals surface area contributed by atoms with Gasteiger partial charge in [0.25, 0.3) is 5.91 Å². The van der Waals surface area contributed by atoms with Crippen LogP contribution in [0, 0.1) is 6.92 Å². The van der Waals surface area contributed by atoms with Gasteiger partial charge in [0.15, 0.2) is 11.4 Å². The summed E-state index contributed by atoms with van der Waals surface area (Å²) in [5, 5.41) is 13.4. The highest BCUT2D eigenvalue weighted by Gasteiger charge is 2.65. The molecule has 8 nitrogen and oxygen atoms in total. The molecule has 1 aromatic carbocycles. The molecular formula is C20H21N3O5. The highest BCUT2D eigenvalue weighted by molar-refractivity contribution is 5.95. The maximum atomic E-state index is 13.1. The lowest BCUT2D eigenvalue weighted by molar-refractivity contribution is -0.138. The molecule has 1 N–H and O–H groups in total. The Balaban J connectivity index is 1.47. The summed E-state index contributed by atoms with van der Waals surface area (Å²) in [6.45, 7) is 2.22. The molecule has 2 amide bonds. The molecule has 0 aliphatic carbocycles. The van der Waals surface area contributed by atoms with Crippen LogP contribution in [0.3, 0.4) is 0 Å². The van der Waals surface area contributed by atoms with Crippen molar-refractivity contribution in [2.75, 3.05) is 13.2 Å². The van der Waals surface area contributed by atoms with Crippen molar-refractivity contribution in [1.82, 2.24) is 15.0 Å². The van der Waals surface area contributed by atoms with Gasteiger partial charge in [-0.2, -0.15) is 0 Å². The Hall–Kier alpha value is -2.71. The Labute approximate surface area is 161 Å². The minimum Gasteiger partial charge on any atom is -0.391 e. The first-order valence-corrected chi connectivity index (χ1v) is 9.45. The van der Waals surface area contributed by atoms with Gasteiger partial charge in [-0.3, -0.25) is 9.59 Å². The zero-order valence-electron chi connectivity index (χ0n) is 15.5. The summed E-state index contributed by atoms with van der Waals surface area (Å²) in [5.41, 5.74) is 0.751. The minimum atomic E-state index is -0.786. The van der Waals surface area contributed by atoms with Crippen LogP contribution in [0.5, 0.6) is 0 Å². The lowest BCUT2D eigenvalue weighted by Crippen LogP contribution is -2.49. The zero-order chi connectivity index (χ0) is 19.5. The molecule has 0 saturated carbocycles. The number of benzene rings is 1. The zero-order valence-corrected chi connectivity index (χ0v) is 15.5. The number of likely N-dealkylation sites (tertiary alicyclic amines) is 1. The van der Waals surface area contributed by atoms with E-state index >= 15 is 0 Å². The average Bonchev–Trinajstić information content (AvgIpc) is 3.42. The second kappa shape index (κ2) is 6.15. The van der Waals surface area contributed by atoms with E-state index in [2.05, 4.69) is 5.16 Å². The lowest BCUT2D eigenvalue weighted by Gasteiger charge is -2.33. The molecule has 1 aromatic heterocycles. The van der Waals surface area contributed by atoms with Crippen LogP contribution in [-0.2, 0) is 16.1 Å². The van der Waals surface area contributed by atoms with Crippen LogP contribution in [-0.4, -0.2) is 56.8 Å². The van der Waals surface area contributed by atoms with E-state index in [-0.39, 0.29) is 42.6 Å². The van der Waals surface area contributed by atoms with Gasteiger partial charge < -0.3 is 24.2 Å². The molecule has 0 unspecified atom stereocenters. The van der Waals surface area contributed by atoms with Crippen molar-refractivity contribution >= 4 is 11.8 Å². The summed E-state index contributed by atoms with van der Waals surface area (Å²) in [4.78, 5) is 29.5. The number of aliphatic hydroxyl groups excluding tert-OH is 1. The second-order valence-corrected chi connectivity index (χ2v) is 7.54. The molecule has 8 heteroatoms. The van der Waals surface area contributed by atoms with Crippen molar-refractivity contribution in [3.05, 3.63) is 52.9 Å². The van der Waals surface area contributed by atoms with Gasteiger partial charge in [-0.15, -0.1) is 0 Å². The first kappa shape index (κ1) is 17.4. The van der Waals surface area contributed by atoms with Gasteiger partial charge in [0, 0.05) is 13.0 Å². The molecule has 1 spiro atoms. The molecule has 0 bridgehead atoms. The number of aliphatic hydroxyl groups is 1. The number of carbonyl (C=O) groups is 2. The van der Waals surface area contributed by atoms with Crippen molar-refractivity contribution in [3.8, 4) is 0 Å². The highest BCUT2D eigenvalue weighted by Crippen LogP contribution is 2.51. The maximum absolute atomic E-state index is 13.1. The minimum absolute atomic E-state index is 0.00688. The Morgan fingerprint density at radius 2 is 2.14 bits per heavy atom. The molecule has 2 aromatic rings. The number of carbonyl (C=O) groups excluding carboxylic acids is 2. The quantitative estimate of drug-likeness (QED) is 0.861. The molecule has 146 valence electrons. The van der Waals surface area contributed by atoms with Crippen LogP contribution >= 0.6 is 0 Å². The van der Waals surface area contributed by atoms with Gasteiger partial charge in [-0.25, -0.2) is 0 Å². The van der Waals surface area contributed by atoms with Crippen molar-refractivity contribution in [3.63, 3.8) is 0 Å². The molecule has 3 aliphatic rings. The standard InChI is InChI=1S/C20H21N3O5/c1-12-14(10-24)18(21-28-12)19(26)22-8-7-20-16(22)9-17(25)23(20)15(11-27-20)13-5-3-2-4-6-13/h2-6,15-16,24H,7-11H2,1H3/t15-,16+,20-/m0/s1. The van der Waals surface area contributed by atoms with E-state index in [9.17, 15) is 14.7 Å². The normalized spacial score (nSPS) is 28.7. The molecule has 0 radical (unpaired) electrons. The molecule has 3 atom stereocenters. The van der Waals surface area contributed by atoms with Crippen molar-refractivity contribution in [1.29, 1.82) is 0 Å². The van der Waals surface area contributed by atoms with Crippen LogP contribution in [0.4, 0.5) is 0 Å². The summed E-state index contributed by atoms with van der Waals surface area (Å²) in [6, 6.07) is 9.33. The molecule has 5 rings (SSSR count). The molecular weight excluding hydrogens is 362 g/mol. The Bertz CT molecular complexity index is 943. The van der Waals surface area contributed by atoms with E-state index in [0.29, 0.717) is 30.9 Å². The maximum Gasteiger partial charge on any atom is 0.276 e. The van der Waals surface area contributed by atoms with Crippen molar-refractivity contribution < 1.29 is 24.0 Å². The molecule has 28 heavy (non-hydrogen) atoms. The van der Waals surface area contributed by atoms with E-state index in [1.807, 2.05) is 35.2 Å². The molecule has 4 heterocycles. The number of aryl methyl sites for hydroxylation is 1. The molecule has 3 fully saturated rings. The average molecular weight is 383 g/mol. The van der Waals surface area contributed by atoms with E-state index in [1.165, 1.54) is 0 Å². The number of rotatable bonds is 3. The van der Waals surface area contributed by atoms with Gasteiger partial charge >= 0.3 is 0 Å². The van der Waals surface area contributed by atoms with Crippen LogP contribution in [0.1, 0.15) is 46.3 Å². The fourth-order valence-corrected chi connectivity index (χ4v) is 4.89. The third-order valence-electron chi connectivity index (χ3n) is 6.25. The van der Waals surface area contributed by atoms with Crippen molar-refractivity contribution in [2.24, 2.45) is 0 Å². The SMILES string of the molecule is Cc1onc(C(=O)N2CC[C@@]34OC[C@@H](c5ccccc5)N3C(=O)C[C@@H]24)c1CO. The third-order valence-corrected chi connectivity index (χ3v) is 6.25. The monoisotopic (exact) mass is 383 g/mol. The summed E-state index contributed by atoms with van der Waals surface area (Å²) in [7, 11) is 0. The summed E-state index contributed by atoms with van der Waals surface area (Å²) in [6.07, 6.45) is 0.782. The third kappa shape index (κ3) is 2.21. The Kier molecular flexibility index (Phi) is 3.82. The van der Waals surface area contributed by atoms with Crippen LogP contribution < -0.4 is 0 Å². The lowest BCUT2D eigenvalue weighted by atomic mass is 10.0. The Morgan fingerprint density at radius 1 is 1.36 bits per heavy atom. The number of hydrogen-bond donors (Lipinski definition) is 1. The van der Waals surface area contributed by atoms with Crippen LogP contribution in [0.2, 0.25) is 0 Å². The van der Waals surface area contributed by atoms with Gasteiger partial charge in [0.05, 0.1) is 37.3 Å². The van der Waals surface area contributed by atoms with Crippen molar-refractivity contribution in [2.45, 2.75) is 44.2 Å². The first-order valence-electron chi connectivity index (χ1n) is 9.45. The van der Waals surface area contributed by atoms with E-state index in [0.717, 1.165) is 5.56 Å². The number of amides is 2. The predicted octanol–water partition coefficient (Wildman–Crippen LogP) is 1.39. The van der Waals surface area contributed by atoms with E-state index < -0.39 is 5.72 Å². The summed E-state index contributed by atoms with van der Waals surface area (Å²) in [5.74, 6) is 0.0851. The van der Waals surface area contributed by atoms with Gasteiger partial charge in [-0.1, -0.05) is 35.5 Å². The van der Waals surface area contributed by atoms with Gasteiger partial charge in [0.1, 0.15) is 5.76 Å². The smallest absolute Gasteiger partial charge is 0.276 e. The summed E-state index contributed by atoms with van der Waals surface area (Å²) < 4.78 is 11.3. The van der Waals surface area contributed by atoms with Crippen LogP contribution in [0.25, 0.3) is 0 Å². The highest BCUT2D eigenvalue weighted by atomic mass is 16.5. The number of hydrogen-bond acceptors (Lipinski definition) is 6. The number of aromatic nitrogens is 1. The van der Waals surface area contributed by atoms with Crippen LogP contribution in [0.15, 0.2) is 34.9 Å². The molecule has 3 saturated heterocycles. The first-order chi connectivity index (χ1) is 13.6. The van der Waals surface area contributed by atoms with E-state index in [1.54, 1.807) is 11.8 Å². The fraction of sp³-hybridized carbons (Fsp3) is 0.450.